The number of hydrogen-bond donors (Lipinski definition) is 1. The van der Waals surface area contributed by atoms with Gasteiger partial charge in [-0.1, -0.05) is 18.0 Å². The number of anilines is 1. The van der Waals surface area contributed by atoms with Crippen molar-refractivity contribution in [2.75, 3.05) is 11.9 Å². The van der Waals surface area contributed by atoms with Crippen LogP contribution >= 0.6 is 22.9 Å². The van der Waals surface area contributed by atoms with Crippen molar-refractivity contribution in [3.63, 3.8) is 0 Å². The van der Waals surface area contributed by atoms with E-state index in [-0.39, 0.29) is 26.9 Å². The molecule has 1 N–H and O–H groups in total. The number of thiophene rings is 1. The number of carbonyl (C=O) groups is 1. The quantitative estimate of drug-likeness (QED) is 0.541. The SMILES string of the molecule is Cc1c(C(=O)Nc2cc(Cl)ccc2OCC(F)(F)F)sc2nc3n(c(=O)c12)CCCCC3. The number of rotatable bonds is 4. The summed E-state index contributed by atoms with van der Waals surface area (Å²) in [5.41, 5.74) is 0.319. The number of nitrogens with one attached hydrogen (secondary N) is 1. The van der Waals surface area contributed by atoms with E-state index in [1.165, 1.54) is 18.2 Å². The van der Waals surface area contributed by atoms with E-state index in [1.54, 1.807) is 11.5 Å². The van der Waals surface area contributed by atoms with Crippen LogP contribution in [0.25, 0.3) is 10.2 Å². The minimum absolute atomic E-state index is 0.00377. The molecule has 170 valence electrons. The van der Waals surface area contributed by atoms with E-state index < -0.39 is 18.7 Å². The summed E-state index contributed by atoms with van der Waals surface area (Å²) in [7, 11) is 0. The van der Waals surface area contributed by atoms with Crippen LogP contribution in [0.5, 0.6) is 5.75 Å². The summed E-state index contributed by atoms with van der Waals surface area (Å²) in [6, 6.07) is 3.93. The van der Waals surface area contributed by atoms with Gasteiger partial charge in [0.05, 0.1) is 16.0 Å². The van der Waals surface area contributed by atoms with Gasteiger partial charge < -0.3 is 10.1 Å². The molecular weight excluding hydrogens is 467 g/mol. The molecule has 0 spiro atoms. The minimum atomic E-state index is -4.53. The monoisotopic (exact) mass is 485 g/mol. The van der Waals surface area contributed by atoms with E-state index in [9.17, 15) is 22.8 Å². The smallest absolute Gasteiger partial charge is 0.422 e. The molecular formula is C21H19ClF3N3O3S. The van der Waals surface area contributed by atoms with Crippen LogP contribution in [-0.4, -0.2) is 28.2 Å². The van der Waals surface area contributed by atoms with Crippen molar-refractivity contribution in [1.29, 1.82) is 0 Å². The third-order valence-electron chi connectivity index (χ3n) is 5.20. The molecule has 1 aromatic carbocycles. The first-order valence-corrected chi connectivity index (χ1v) is 11.2. The normalized spacial score (nSPS) is 14.2. The average Bonchev–Trinajstić information content (AvgIpc) is 2.88. The zero-order chi connectivity index (χ0) is 23.0. The van der Waals surface area contributed by atoms with Crippen LogP contribution in [0.2, 0.25) is 5.02 Å². The summed E-state index contributed by atoms with van der Waals surface area (Å²) in [6.45, 7) is 0.752. The molecule has 11 heteroatoms. The van der Waals surface area contributed by atoms with E-state index in [1.807, 2.05) is 0 Å². The summed E-state index contributed by atoms with van der Waals surface area (Å²) >= 11 is 7.04. The van der Waals surface area contributed by atoms with Crippen LogP contribution in [0.15, 0.2) is 23.0 Å². The van der Waals surface area contributed by atoms with E-state index in [4.69, 9.17) is 16.3 Å². The maximum Gasteiger partial charge on any atom is 0.422 e. The summed E-state index contributed by atoms with van der Waals surface area (Å²) < 4.78 is 44.2. The second-order valence-corrected chi connectivity index (χ2v) is 8.97. The van der Waals surface area contributed by atoms with E-state index in [0.717, 1.165) is 30.6 Å². The zero-order valence-electron chi connectivity index (χ0n) is 17.0. The molecule has 1 amide bonds. The van der Waals surface area contributed by atoms with Crippen LogP contribution in [0, 0.1) is 6.92 Å². The number of aromatic nitrogens is 2. The van der Waals surface area contributed by atoms with Gasteiger partial charge in [0, 0.05) is 18.0 Å². The van der Waals surface area contributed by atoms with Gasteiger partial charge in [0.15, 0.2) is 6.61 Å². The number of carbonyl (C=O) groups excluding carboxylic acids is 1. The molecule has 1 aliphatic heterocycles. The number of fused-ring (bicyclic) bond motifs is 2. The van der Waals surface area contributed by atoms with Gasteiger partial charge in [-0.2, -0.15) is 13.2 Å². The Balaban J connectivity index is 1.68. The van der Waals surface area contributed by atoms with Gasteiger partial charge in [-0.15, -0.1) is 11.3 Å². The first kappa shape index (κ1) is 22.6. The first-order valence-electron chi connectivity index (χ1n) is 9.97. The standard InChI is InChI=1S/C21H19ClF3N3O3S/c1-11-16-19(27-15-5-3-2-4-8-28(15)20(16)30)32-17(11)18(29)26-13-9-12(22)6-7-14(13)31-10-21(23,24)25/h6-7,9H,2-5,8,10H2,1H3,(H,26,29). The molecule has 0 saturated carbocycles. The molecule has 4 rings (SSSR count). The Kier molecular flexibility index (Phi) is 6.17. The van der Waals surface area contributed by atoms with Gasteiger partial charge in [-0.25, -0.2) is 4.98 Å². The number of ether oxygens (including phenoxy) is 1. The number of benzene rings is 1. The lowest BCUT2D eigenvalue weighted by Crippen LogP contribution is -2.24. The highest BCUT2D eigenvalue weighted by Crippen LogP contribution is 2.33. The summed E-state index contributed by atoms with van der Waals surface area (Å²) in [5.74, 6) is -0.0288. The van der Waals surface area contributed by atoms with Crippen molar-refractivity contribution >= 4 is 44.7 Å². The number of alkyl halides is 3. The summed E-state index contributed by atoms with van der Waals surface area (Å²) in [4.78, 5) is 31.4. The molecule has 0 unspecified atom stereocenters. The fourth-order valence-corrected chi connectivity index (χ4v) is 4.95. The Morgan fingerprint density at radius 2 is 2.09 bits per heavy atom. The molecule has 3 aromatic rings. The Hall–Kier alpha value is -2.59. The molecule has 0 saturated heterocycles. The van der Waals surface area contributed by atoms with Gasteiger partial charge >= 0.3 is 6.18 Å². The predicted octanol–water partition coefficient (Wildman–Crippen LogP) is 5.34. The van der Waals surface area contributed by atoms with Crippen LogP contribution in [0.3, 0.4) is 0 Å². The van der Waals surface area contributed by atoms with Crippen molar-refractivity contribution < 1.29 is 22.7 Å². The molecule has 0 aliphatic carbocycles. The first-order chi connectivity index (χ1) is 15.1. The van der Waals surface area contributed by atoms with Crippen LogP contribution in [0.4, 0.5) is 18.9 Å². The highest BCUT2D eigenvalue weighted by atomic mass is 35.5. The van der Waals surface area contributed by atoms with E-state index >= 15 is 0 Å². The molecule has 0 bridgehead atoms. The number of hydrogen-bond acceptors (Lipinski definition) is 5. The maximum atomic E-state index is 13.1. The third-order valence-corrected chi connectivity index (χ3v) is 6.62. The second-order valence-electron chi connectivity index (χ2n) is 7.53. The number of nitrogens with zero attached hydrogens (tertiary/aromatic N) is 2. The summed E-state index contributed by atoms with van der Waals surface area (Å²) in [5, 5.41) is 3.18. The van der Waals surface area contributed by atoms with Crippen molar-refractivity contribution in [3.05, 3.63) is 49.8 Å². The van der Waals surface area contributed by atoms with Crippen molar-refractivity contribution in [1.82, 2.24) is 9.55 Å². The Bertz CT molecular complexity index is 1250. The lowest BCUT2D eigenvalue weighted by Gasteiger charge is -2.14. The van der Waals surface area contributed by atoms with Gasteiger partial charge in [0.2, 0.25) is 0 Å². The zero-order valence-corrected chi connectivity index (χ0v) is 18.6. The second kappa shape index (κ2) is 8.74. The fraction of sp³-hybridized carbons (Fsp3) is 0.381. The van der Waals surface area contributed by atoms with E-state index in [0.29, 0.717) is 34.6 Å². The molecule has 0 radical (unpaired) electrons. The molecule has 1 aliphatic rings. The highest BCUT2D eigenvalue weighted by molar-refractivity contribution is 7.20. The van der Waals surface area contributed by atoms with Gasteiger partial charge in [-0.3, -0.25) is 14.2 Å². The van der Waals surface area contributed by atoms with Crippen molar-refractivity contribution in [3.8, 4) is 5.75 Å². The number of aryl methyl sites for hydroxylation is 2. The lowest BCUT2D eigenvalue weighted by atomic mass is 10.2. The third kappa shape index (κ3) is 4.61. The molecule has 0 atom stereocenters. The number of halogens is 4. The topological polar surface area (TPSA) is 73.2 Å². The van der Waals surface area contributed by atoms with Crippen LogP contribution in [0.1, 0.15) is 40.3 Å². The van der Waals surface area contributed by atoms with Crippen molar-refractivity contribution in [2.24, 2.45) is 0 Å². The molecule has 3 heterocycles. The van der Waals surface area contributed by atoms with Gasteiger partial charge in [0.1, 0.15) is 16.4 Å². The van der Waals surface area contributed by atoms with E-state index in [2.05, 4.69) is 10.3 Å². The minimum Gasteiger partial charge on any atom is -0.482 e. The molecule has 6 nitrogen and oxygen atoms in total. The predicted molar refractivity (Wildman–Crippen MR) is 117 cm³/mol. The van der Waals surface area contributed by atoms with Gasteiger partial charge in [0.25, 0.3) is 11.5 Å². The van der Waals surface area contributed by atoms with Crippen LogP contribution < -0.4 is 15.6 Å². The Morgan fingerprint density at radius 3 is 2.84 bits per heavy atom. The molecule has 32 heavy (non-hydrogen) atoms. The lowest BCUT2D eigenvalue weighted by molar-refractivity contribution is -0.153. The number of amides is 1. The van der Waals surface area contributed by atoms with Crippen molar-refractivity contribution in [2.45, 2.75) is 45.3 Å². The largest absolute Gasteiger partial charge is 0.482 e. The van der Waals surface area contributed by atoms with Crippen LogP contribution in [-0.2, 0) is 13.0 Å². The molecule has 2 aromatic heterocycles. The highest BCUT2D eigenvalue weighted by Gasteiger charge is 2.29. The van der Waals surface area contributed by atoms with Gasteiger partial charge in [-0.05, 0) is 43.5 Å². The Labute approximate surface area is 190 Å². The fourth-order valence-electron chi connectivity index (χ4n) is 3.69. The molecule has 0 fully saturated rings. The maximum absolute atomic E-state index is 13.1. The average molecular weight is 486 g/mol. The summed E-state index contributed by atoms with van der Waals surface area (Å²) in [6.07, 6.45) is -0.959. The Morgan fingerprint density at radius 1 is 1.31 bits per heavy atom.